The molecule has 0 spiro atoms. The van der Waals surface area contributed by atoms with Crippen molar-refractivity contribution >= 4 is 33.3 Å². The standard InChI is InChI=1S/C16H14N4O3S2/c1-7-8(2)24-15-11(7)13(21)17-12(18-15)9(3)25-16-20-19-14(23-16)10-5-4-6-22-10/h4-6,9H,1-3H3,(H,17,18,21). The molecule has 4 rings (SSSR count). The first-order valence-electron chi connectivity index (χ1n) is 7.57. The Morgan fingerprint density at radius 1 is 1.32 bits per heavy atom. The molecule has 0 aliphatic carbocycles. The molecule has 7 nitrogen and oxygen atoms in total. The van der Waals surface area contributed by atoms with Gasteiger partial charge in [-0.25, -0.2) is 4.98 Å². The van der Waals surface area contributed by atoms with Crippen molar-refractivity contribution < 1.29 is 8.83 Å². The summed E-state index contributed by atoms with van der Waals surface area (Å²) in [5.41, 5.74) is 0.872. The first kappa shape index (κ1) is 16.1. The Bertz CT molecular complexity index is 1090. The molecule has 0 aliphatic heterocycles. The zero-order valence-corrected chi connectivity index (χ0v) is 15.3. The molecular weight excluding hydrogens is 360 g/mol. The topological polar surface area (TPSA) is 97.8 Å². The lowest BCUT2D eigenvalue weighted by molar-refractivity contribution is 0.446. The van der Waals surface area contributed by atoms with Gasteiger partial charge in [0.1, 0.15) is 10.7 Å². The van der Waals surface area contributed by atoms with Crippen LogP contribution in [0.3, 0.4) is 0 Å². The van der Waals surface area contributed by atoms with Gasteiger partial charge in [0, 0.05) is 4.88 Å². The number of nitrogens with one attached hydrogen (secondary N) is 1. The number of aromatic nitrogens is 4. The zero-order valence-electron chi connectivity index (χ0n) is 13.7. The van der Waals surface area contributed by atoms with Gasteiger partial charge in [0.05, 0.1) is 16.9 Å². The van der Waals surface area contributed by atoms with Crippen molar-refractivity contribution in [2.45, 2.75) is 31.2 Å². The molecule has 4 heterocycles. The maximum absolute atomic E-state index is 12.4. The molecule has 25 heavy (non-hydrogen) atoms. The third-order valence-corrected chi connectivity index (χ3v) is 5.90. The highest BCUT2D eigenvalue weighted by molar-refractivity contribution is 7.99. The van der Waals surface area contributed by atoms with Crippen molar-refractivity contribution in [1.29, 1.82) is 0 Å². The Kier molecular flexibility index (Phi) is 3.97. The minimum atomic E-state index is -0.148. The molecule has 0 aromatic carbocycles. The van der Waals surface area contributed by atoms with Crippen LogP contribution >= 0.6 is 23.1 Å². The van der Waals surface area contributed by atoms with E-state index >= 15 is 0 Å². The maximum Gasteiger partial charge on any atom is 0.284 e. The molecule has 0 bridgehead atoms. The number of aromatic amines is 1. The summed E-state index contributed by atoms with van der Waals surface area (Å²) in [4.78, 5) is 21.7. The van der Waals surface area contributed by atoms with Crippen LogP contribution in [0, 0.1) is 13.8 Å². The van der Waals surface area contributed by atoms with E-state index in [-0.39, 0.29) is 10.8 Å². The van der Waals surface area contributed by atoms with Crippen LogP contribution in [-0.2, 0) is 0 Å². The predicted octanol–water partition coefficient (Wildman–Crippen LogP) is 4.10. The van der Waals surface area contributed by atoms with Gasteiger partial charge in [-0.3, -0.25) is 4.79 Å². The number of hydrogen-bond acceptors (Lipinski definition) is 8. The van der Waals surface area contributed by atoms with Crippen LogP contribution in [0.15, 0.2) is 37.2 Å². The van der Waals surface area contributed by atoms with E-state index in [1.807, 2.05) is 20.8 Å². The average Bonchev–Trinajstić information content (AvgIpc) is 3.29. The van der Waals surface area contributed by atoms with Gasteiger partial charge in [-0.05, 0) is 38.5 Å². The first-order valence-corrected chi connectivity index (χ1v) is 9.26. The average molecular weight is 374 g/mol. The number of fused-ring (bicyclic) bond motifs is 1. The number of nitrogens with zero attached hydrogens (tertiary/aromatic N) is 3. The van der Waals surface area contributed by atoms with Crippen LogP contribution in [0.5, 0.6) is 0 Å². The molecule has 0 fully saturated rings. The summed E-state index contributed by atoms with van der Waals surface area (Å²) < 4.78 is 10.8. The molecule has 1 atom stereocenters. The molecule has 1 N–H and O–H groups in total. The number of thiophene rings is 1. The highest BCUT2D eigenvalue weighted by atomic mass is 32.2. The molecule has 0 radical (unpaired) electrons. The number of H-pyrrole nitrogens is 1. The van der Waals surface area contributed by atoms with Crippen LogP contribution in [0.25, 0.3) is 21.9 Å². The summed E-state index contributed by atoms with van der Waals surface area (Å²) in [5, 5.41) is 8.88. The van der Waals surface area contributed by atoms with E-state index in [2.05, 4.69) is 20.2 Å². The van der Waals surface area contributed by atoms with E-state index in [0.29, 0.717) is 28.1 Å². The summed E-state index contributed by atoms with van der Waals surface area (Å²) in [6.07, 6.45) is 1.55. The number of aryl methyl sites for hydroxylation is 2. The third-order valence-electron chi connectivity index (χ3n) is 3.86. The van der Waals surface area contributed by atoms with E-state index in [4.69, 9.17) is 8.83 Å². The fourth-order valence-electron chi connectivity index (χ4n) is 2.43. The van der Waals surface area contributed by atoms with Crippen LogP contribution in [-0.4, -0.2) is 20.2 Å². The van der Waals surface area contributed by atoms with E-state index in [1.165, 1.54) is 23.1 Å². The minimum Gasteiger partial charge on any atom is -0.459 e. The molecule has 4 aromatic rings. The van der Waals surface area contributed by atoms with E-state index < -0.39 is 0 Å². The summed E-state index contributed by atoms with van der Waals surface area (Å²) in [7, 11) is 0. The number of thioether (sulfide) groups is 1. The van der Waals surface area contributed by atoms with Crippen molar-refractivity contribution in [1.82, 2.24) is 20.2 Å². The Labute approximate surface area is 150 Å². The lowest BCUT2D eigenvalue weighted by atomic mass is 10.2. The lowest BCUT2D eigenvalue weighted by Crippen LogP contribution is -2.12. The molecular formula is C16H14N4O3S2. The molecule has 0 saturated carbocycles. The van der Waals surface area contributed by atoms with E-state index in [1.54, 1.807) is 18.4 Å². The van der Waals surface area contributed by atoms with Crippen LogP contribution in [0.1, 0.15) is 28.4 Å². The van der Waals surface area contributed by atoms with Gasteiger partial charge in [0.25, 0.3) is 16.7 Å². The molecule has 4 aromatic heterocycles. The van der Waals surface area contributed by atoms with Crippen molar-refractivity contribution in [2.24, 2.45) is 0 Å². The van der Waals surface area contributed by atoms with Gasteiger partial charge >= 0.3 is 0 Å². The Hall–Kier alpha value is -2.39. The molecule has 0 amide bonds. The van der Waals surface area contributed by atoms with Crippen LogP contribution < -0.4 is 5.56 Å². The number of furan rings is 1. The Morgan fingerprint density at radius 3 is 2.92 bits per heavy atom. The van der Waals surface area contributed by atoms with E-state index in [0.717, 1.165) is 15.3 Å². The molecule has 0 saturated heterocycles. The fourth-order valence-corrected chi connectivity index (χ4v) is 4.21. The largest absolute Gasteiger partial charge is 0.459 e. The van der Waals surface area contributed by atoms with Gasteiger partial charge in [0.15, 0.2) is 5.76 Å². The van der Waals surface area contributed by atoms with Gasteiger partial charge in [-0.2, -0.15) is 0 Å². The molecule has 0 aliphatic rings. The second-order valence-corrected chi connectivity index (χ2v) is 8.02. The van der Waals surface area contributed by atoms with Crippen molar-refractivity contribution in [2.75, 3.05) is 0 Å². The van der Waals surface area contributed by atoms with Crippen molar-refractivity contribution in [3.8, 4) is 11.7 Å². The summed E-state index contributed by atoms with van der Waals surface area (Å²) in [5.74, 6) is 1.42. The summed E-state index contributed by atoms with van der Waals surface area (Å²) in [6, 6.07) is 3.50. The minimum absolute atomic E-state index is 0.115. The second-order valence-electron chi connectivity index (χ2n) is 5.53. The first-order chi connectivity index (χ1) is 12.0. The SMILES string of the molecule is Cc1sc2nc(C(C)Sc3nnc(-c4ccco4)o3)[nH]c(=O)c2c1C. The molecule has 1 unspecified atom stereocenters. The molecule has 9 heteroatoms. The van der Waals surface area contributed by atoms with Crippen molar-refractivity contribution in [3.63, 3.8) is 0 Å². The Morgan fingerprint density at radius 2 is 2.16 bits per heavy atom. The number of rotatable bonds is 4. The van der Waals surface area contributed by atoms with Gasteiger partial charge in [-0.1, -0.05) is 11.8 Å². The van der Waals surface area contributed by atoms with E-state index in [9.17, 15) is 4.79 Å². The smallest absolute Gasteiger partial charge is 0.284 e. The highest BCUT2D eigenvalue weighted by Crippen LogP contribution is 2.34. The normalized spacial score (nSPS) is 12.8. The van der Waals surface area contributed by atoms with Gasteiger partial charge in [0.2, 0.25) is 0 Å². The van der Waals surface area contributed by atoms with Gasteiger partial charge in [-0.15, -0.1) is 21.5 Å². The third kappa shape index (κ3) is 2.89. The second kappa shape index (κ2) is 6.16. The highest BCUT2D eigenvalue weighted by Gasteiger charge is 2.19. The monoisotopic (exact) mass is 374 g/mol. The number of hydrogen-bond donors (Lipinski definition) is 1. The van der Waals surface area contributed by atoms with Gasteiger partial charge < -0.3 is 13.8 Å². The van der Waals surface area contributed by atoms with Crippen LogP contribution in [0.4, 0.5) is 0 Å². The van der Waals surface area contributed by atoms with Crippen molar-refractivity contribution in [3.05, 3.63) is 45.0 Å². The summed E-state index contributed by atoms with van der Waals surface area (Å²) in [6.45, 7) is 5.87. The maximum atomic E-state index is 12.4. The van der Waals surface area contributed by atoms with Crippen LogP contribution in [0.2, 0.25) is 0 Å². The predicted molar refractivity (Wildman–Crippen MR) is 96.0 cm³/mol. The lowest BCUT2D eigenvalue weighted by Gasteiger charge is -2.07. The fraction of sp³-hybridized carbons (Fsp3) is 0.250. The summed E-state index contributed by atoms with van der Waals surface area (Å²) >= 11 is 2.86. The zero-order chi connectivity index (χ0) is 17.6. The quantitative estimate of drug-likeness (QED) is 0.537. The molecule has 128 valence electrons. The Balaban J connectivity index is 1.62.